The van der Waals surface area contributed by atoms with E-state index < -0.39 is 5.60 Å². The number of hydrogen-bond acceptors (Lipinski definition) is 1. The smallest absolute Gasteiger partial charge is 0.0935 e. The van der Waals surface area contributed by atoms with Gasteiger partial charge >= 0.3 is 0 Å². The monoisotopic (exact) mass is 282 g/mol. The van der Waals surface area contributed by atoms with Crippen molar-refractivity contribution < 1.29 is 5.11 Å². The SMILES string of the molecule is CC(C)(C)C1CCCCC1(O)c1cccc2ccccc12. The van der Waals surface area contributed by atoms with Crippen molar-refractivity contribution in [1.82, 2.24) is 0 Å². The van der Waals surface area contributed by atoms with Crippen LogP contribution in [0.5, 0.6) is 0 Å². The molecule has 0 amide bonds. The third-order valence-corrected chi connectivity index (χ3v) is 5.18. The van der Waals surface area contributed by atoms with E-state index >= 15 is 0 Å². The van der Waals surface area contributed by atoms with Gasteiger partial charge in [-0.05, 0) is 40.5 Å². The molecule has 0 spiro atoms. The number of fused-ring (bicyclic) bond motifs is 1. The maximum Gasteiger partial charge on any atom is 0.0935 e. The summed E-state index contributed by atoms with van der Waals surface area (Å²) >= 11 is 0. The number of benzene rings is 2. The van der Waals surface area contributed by atoms with Gasteiger partial charge in [0.15, 0.2) is 0 Å². The van der Waals surface area contributed by atoms with Crippen LogP contribution in [-0.4, -0.2) is 5.11 Å². The first-order valence-corrected chi connectivity index (χ1v) is 8.13. The van der Waals surface area contributed by atoms with Crippen LogP contribution in [0, 0.1) is 11.3 Å². The normalized spacial score (nSPS) is 27.0. The van der Waals surface area contributed by atoms with E-state index in [4.69, 9.17) is 0 Å². The lowest BCUT2D eigenvalue weighted by molar-refractivity contribution is -0.0948. The molecule has 1 N–H and O–H groups in total. The van der Waals surface area contributed by atoms with Crippen LogP contribution in [0.2, 0.25) is 0 Å². The molecule has 0 aromatic heterocycles. The maximum atomic E-state index is 11.6. The van der Waals surface area contributed by atoms with E-state index in [9.17, 15) is 5.11 Å². The fourth-order valence-corrected chi connectivity index (χ4v) is 4.23. The molecule has 0 bridgehead atoms. The first kappa shape index (κ1) is 14.6. The summed E-state index contributed by atoms with van der Waals surface area (Å²) in [5.74, 6) is 0.310. The van der Waals surface area contributed by atoms with Gasteiger partial charge in [-0.15, -0.1) is 0 Å². The Morgan fingerprint density at radius 3 is 2.48 bits per heavy atom. The Morgan fingerprint density at radius 2 is 1.71 bits per heavy atom. The van der Waals surface area contributed by atoms with Crippen molar-refractivity contribution in [3.05, 3.63) is 48.0 Å². The van der Waals surface area contributed by atoms with Crippen LogP contribution >= 0.6 is 0 Å². The molecule has 0 radical (unpaired) electrons. The third kappa shape index (κ3) is 2.48. The van der Waals surface area contributed by atoms with Gasteiger partial charge in [-0.3, -0.25) is 0 Å². The predicted octanol–water partition coefficient (Wildman–Crippen LogP) is 5.26. The second kappa shape index (κ2) is 5.14. The van der Waals surface area contributed by atoms with Gasteiger partial charge in [-0.2, -0.15) is 0 Å². The van der Waals surface area contributed by atoms with Gasteiger partial charge in [0.1, 0.15) is 0 Å². The minimum Gasteiger partial charge on any atom is -0.385 e. The fraction of sp³-hybridized carbons (Fsp3) is 0.500. The summed E-state index contributed by atoms with van der Waals surface area (Å²) in [4.78, 5) is 0. The third-order valence-electron chi connectivity index (χ3n) is 5.18. The topological polar surface area (TPSA) is 20.2 Å². The molecule has 2 aromatic carbocycles. The fourth-order valence-electron chi connectivity index (χ4n) is 4.23. The number of hydrogen-bond donors (Lipinski definition) is 1. The quantitative estimate of drug-likeness (QED) is 0.756. The van der Waals surface area contributed by atoms with Crippen molar-refractivity contribution in [1.29, 1.82) is 0 Å². The van der Waals surface area contributed by atoms with Crippen molar-refractivity contribution in [2.45, 2.75) is 52.1 Å². The summed E-state index contributed by atoms with van der Waals surface area (Å²) in [5, 5.41) is 14.1. The van der Waals surface area contributed by atoms with Crippen molar-refractivity contribution in [2.75, 3.05) is 0 Å². The largest absolute Gasteiger partial charge is 0.385 e. The molecule has 1 aliphatic carbocycles. The Morgan fingerprint density at radius 1 is 1.00 bits per heavy atom. The predicted molar refractivity (Wildman–Crippen MR) is 89.3 cm³/mol. The highest BCUT2D eigenvalue weighted by atomic mass is 16.3. The van der Waals surface area contributed by atoms with E-state index in [2.05, 4.69) is 63.2 Å². The Labute approximate surface area is 128 Å². The molecule has 21 heavy (non-hydrogen) atoms. The molecule has 3 rings (SSSR count). The van der Waals surface area contributed by atoms with Gasteiger partial charge in [-0.1, -0.05) is 76.1 Å². The first-order valence-electron chi connectivity index (χ1n) is 8.13. The first-order chi connectivity index (χ1) is 9.93. The van der Waals surface area contributed by atoms with E-state index in [1.54, 1.807) is 0 Å². The average Bonchev–Trinajstić information content (AvgIpc) is 2.46. The second-order valence-electron chi connectivity index (χ2n) is 7.62. The summed E-state index contributed by atoms with van der Waals surface area (Å²) in [7, 11) is 0. The Balaban J connectivity index is 2.18. The highest BCUT2D eigenvalue weighted by Gasteiger charge is 2.46. The number of rotatable bonds is 1. The number of aliphatic hydroxyl groups is 1. The zero-order valence-electron chi connectivity index (χ0n) is 13.4. The molecule has 2 unspecified atom stereocenters. The Kier molecular flexibility index (Phi) is 3.57. The lowest BCUT2D eigenvalue weighted by Crippen LogP contribution is -2.44. The van der Waals surface area contributed by atoms with E-state index in [0.717, 1.165) is 24.8 Å². The van der Waals surface area contributed by atoms with Crippen LogP contribution in [-0.2, 0) is 5.60 Å². The molecule has 0 heterocycles. The molecule has 1 nitrogen and oxygen atoms in total. The van der Waals surface area contributed by atoms with Crippen molar-refractivity contribution in [3.63, 3.8) is 0 Å². The van der Waals surface area contributed by atoms with Gasteiger partial charge in [0.05, 0.1) is 5.60 Å². The highest BCUT2D eigenvalue weighted by Crippen LogP contribution is 2.50. The Bertz CT molecular complexity index is 632. The van der Waals surface area contributed by atoms with Crippen LogP contribution in [0.1, 0.15) is 52.0 Å². The standard InChI is InChI=1S/C20H26O/c1-19(2,3)18-13-6-7-14-20(18,21)17-12-8-10-15-9-4-5-11-16(15)17/h4-5,8-12,18,21H,6-7,13-14H2,1-3H3. The molecule has 0 saturated heterocycles. The lowest BCUT2D eigenvalue weighted by Gasteiger charge is -2.47. The van der Waals surface area contributed by atoms with Crippen LogP contribution in [0.4, 0.5) is 0 Å². The van der Waals surface area contributed by atoms with Gasteiger partial charge in [0.25, 0.3) is 0 Å². The Hall–Kier alpha value is -1.34. The van der Waals surface area contributed by atoms with Crippen LogP contribution in [0.3, 0.4) is 0 Å². The molecular weight excluding hydrogens is 256 g/mol. The van der Waals surface area contributed by atoms with Gasteiger partial charge in [0.2, 0.25) is 0 Å². The zero-order chi connectivity index (χ0) is 15.1. The van der Waals surface area contributed by atoms with Crippen LogP contribution in [0.15, 0.2) is 42.5 Å². The molecular formula is C20H26O. The summed E-state index contributed by atoms with van der Waals surface area (Å²) in [6.45, 7) is 6.79. The minimum absolute atomic E-state index is 0.117. The van der Waals surface area contributed by atoms with Gasteiger partial charge < -0.3 is 5.11 Å². The van der Waals surface area contributed by atoms with Crippen molar-refractivity contribution >= 4 is 10.8 Å². The molecule has 1 fully saturated rings. The van der Waals surface area contributed by atoms with Crippen molar-refractivity contribution in [3.8, 4) is 0 Å². The van der Waals surface area contributed by atoms with E-state index in [1.165, 1.54) is 17.2 Å². The molecule has 0 aliphatic heterocycles. The van der Waals surface area contributed by atoms with E-state index in [0.29, 0.717) is 5.92 Å². The maximum absolute atomic E-state index is 11.6. The highest BCUT2D eigenvalue weighted by molar-refractivity contribution is 5.86. The average molecular weight is 282 g/mol. The lowest BCUT2D eigenvalue weighted by atomic mass is 9.61. The second-order valence-corrected chi connectivity index (χ2v) is 7.62. The van der Waals surface area contributed by atoms with Crippen molar-refractivity contribution in [2.24, 2.45) is 11.3 Å². The zero-order valence-corrected chi connectivity index (χ0v) is 13.4. The van der Waals surface area contributed by atoms with E-state index in [-0.39, 0.29) is 5.41 Å². The molecule has 2 aromatic rings. The van der Waals surface area contributed by atoms with Crippen LogP contribution in [0.25, 0.3) is 10.8 Å². The summed E-state index contributed by atoms with van der Waals surface area (Å²) in [5.41, 5.74) is 0.545. The minimum atomic E-state index is -0.697. The molecule has 1 saturated carbocycles. The van der Waals surface area contributed by atoms with Crippen LogP contribution < -0.4 is 0 Å². The summed E-state index contributed by atoms with van der Waals surface area (Å²) in [6.07, 6.45) is 4.34. The van der Waals surface area contributed by atoms with E-state index in [1.807, 2.05) is 0 Å². The summed E-state index contributed by atoms with van der Waals surface area (Å²) < 4.78 is 0. The van der Waals surface area contributed by atoms with Gasteiger partial charge in [0, 0.05) is 0 Å². The molecule has 112 valence electrons. The van der Waals surface area contributed by atoms with Gasteiger partial charge in [-0.25, -0.2) is 0 Å². The molecule has 2 atom stereocenters. The molecule has 1 heteroatoms. The molecule has 1 aliphatic rings. The summed E-state index contributed by atoms with van der Waals surface area (Å²) in [6, 6.07) is 14.8.